The van der Waals surface area contributed by atoms with Crippen molar-refractivity contribution < 1.29 is 0 Å². The fourth-order valence-electron chi connectivity index (χ4n) is 1.74. The highest BCUT2D eigenvalue weighted by Gasteiger charge is 2.05. The summed E-state index contributed by atoms with van der Waals surface area (Å²) in [5.41, 5.74) is 9.08. The Kier molecular flexibility index (Phi) is 3.54. The standard InChI is InChI=1S/C14H15N3S/c1-9-6-12(18-10(9)2)8-17-13-5-3-4-11(7-15)14(13)16/h3-6,17H,8,16H2,1-2H3. The van der Waals surface area contributed by atoms with Crippen LogP contribution in [0.1, 0.15) is 20.9 Å². The van der Waals surface area contributed by atoms with Crippen LogP contribution in [0.2, 0.25) is 0 Å². The molecule has 0 spiro atoms. The maximum Gasteiger partial charge on any atom is 0.101 e. The van der Waals surface area contributed by atoms with Gasteiger partial charge in [0.25, 0.3) is 0 Å². The second-order valence-corrected chi connectivity index (χ2v) is 5.52. The number of hydrogen-bond donors (Lipinski definition) is 2. The fourth-order valence-corrected chi connectivity index (χ4v) is 2.73. The number of rotatable bonds is 3. The summed E-state index contributed by atoms with van der Waals surface area (Å²) in [7, 11) is 0. The molecule has 0 bridgehead atoms. The second kappa shape index (κ2) is 5.11. The first-order valence-electron chi connectivity index (χ1n) is 5.70. The Labute approximate surface area is 111 Å². The molecule has 0 saturated heterocycles. The van der Waals surface area contributed by atoms with Crippen molar-refractivity contribution in [1.29, 1.82) is 5.26 Å². The van der Waals surface area contributed by atoms with E-state index in [-0.39, 0.29) is 0 Å². The number of para-hydroxylation sites is 1. The van der Waals surface area contributed by atoms with Crippen LogP contribution in [-0.4, -0.2) is 0 Å². The fraction of sp³-hybridized carbons (Fsp3) is 0.214. The zero-order valence-corrected chi connectivity index (χ0v) is 11.3. The quantitative estimate of drug-likeness (QED) is 0.828. The highest BCUT2D eigenvalue weighted by atomic mass is 32.1. The molecule has 1 aromatic carbocycles. The Morgan fingerprint density at radius 1 is 1.39 bits per heavy atom. The van der Waals surface area contributed by atoms with Crippen molar-refractivity contribution in [2.45, 2.75) is 20.4 Å². The van der Waals surface area contributed by atoms with Gasteiger partial charge in [0.05, 0.1) is 16.9 Å². The molecule has 0 radical (unpaired) electrons. The number of anilines is 2. The van der Waals surface area contributed by atoms with Gasteiger partial charge < -0.3 is 11.1 Å². The van der Waals surface area contributed by atoms with Crippen molar-refractivity contribution >= 4 is 22.7 Å². The molecule has 92 valence electrons. The molecule has 2 aromatic rings. The molecule has 0 amide bonds. The normalized spacial score (nSPS) is 10.1. The summed E-state index contributed by atoms with van der Waals surface area (Å²) in [6.07, 6.45) is 0. The smallest absolute Gasteiger partial charge is 0.101 e. The molecule has 0 aliphatic heterocycles. The van der Waals surface area contributed by atoms with Crippen LogP contribution in [0.4, 0.5) is 11.4 Å². The van der Waals surface area contributed by atoms with Crippen LogP contribution in [0.25, 0.3) is 0 Å². The van der Waals surface area contributed by atoms with Crippen molar-refractivity contribution in [2.75, 3.05) is 11.1 Å². The molecule has 0 unspecified atom stereocenters. The van der Waals surface area contributed by atoms with E-state index >= 15 is 0 Å². The van der Waals surface area contributed by atoms with Crippen molar-refractivity contribution in [2.24, 2.45) is 0 Å². The van der Waals surface area contributed by atoms with Gasteiger partial charge in [0, 0.05) is 16.3 Å². The lowest BCUT2D eigenvalue weighted by molar-refractivity contribution is 1.19. The molecule has 2 rings (SSSR count). The van der Waals surface area contributed by atoms with E-state index < -0.39 is 0 Å². The number of nitrogen functional groups attached to an aromatic ring is 1. The molecule has 3 N–H and O–H groups in total. The largest absolute Gasteiger partial charge is 0.396 e. The van der Waals surface area contributed by atoms with Gasteiger partial charge in [-0.05, 0) is 37.6 Å². The van der Waals surface area contributed by atoms with Crippen molar-refractivity contribution in [3.63, 3.8) is 0 Å². The summed E-state index contributed by atoms with van der Waals surface area (Å²) < 4.78 is 0. The van der Waals surface area contributed by atoms with Gasteiger partial charge in [0.1, 0.15) is 6.07 Å². The molecule has 0 aliphatic carbocycles. The average Bonchev–Trinajstić information content (AvgIpc) is 2.67. The van der Waals surface area contributed by atoms with Crippen molar-refractivity contribution in [1.82, 2.24) is 0 Å². The first-order chi connectivity index (χ1) is 8.61. The molecule has 3 nitrogen and oxygen atoms in total. The predicted molar refractivity (Wildman–Crippen MR) is 76.7 cm³/mol. The topological polar surface area (TPSA) is 61.8 Å². The SMILES string of the molecule is Cc1cc(CNc2cccc(C#N)c2N)sc1C. The number of thiophene rings is 1. The van der Waals surface area contributed by atoms with E-state index in [1.54, 1.807) is 17.4 Å². The van der Waals surface area contributed by atoms with E-state index in [1.807, 2.05) is 12.1 Å². The van der Waals surface area contributed by atoms with Crippen LogP contribution >= 0.6 is 11.3 Å². The molecule has 0 aliphatic rings. The van der Waals surface area contributed by atoms with Crippen LogP contribution < -0.4 is 11.1 Å². The number of aryl methyl sites for hydroxylation is 2. The van der Waals surface area contributed by atoms with Gasteiger partial charge in [-0.3, -0.25) is 0 Å². The van der Waals surface area contributed by atoms with Crippen LogP contribution in [0, 0.1) is 25.2 Å². The van der Waals surface area contributed by atoms with E-state index in [4.69, 9.17) is 11.0 Å². The van der Waals surface area contributed by atoms with E-state index in [2.05, 4.69) is 31.3 Å². The Hall–Kier alpha value is -1.99. The molecule has 4 heteroatoms. The van der Waals surface area contributed by atoms with Gasteiger partial charge in [-0.2, -0.15) is 5.26 Å². The number of benzene rings is 1. The predicted octanol–water partition coefficient (Wildman–Crippen LogP) is 3.43. The summed E-state index contributed by atoms with van der Waals surface area (Å²) in [4.78, 5) is 2.61. The lowest BCUT2D eigenvalue weighted by atomic mass is 10.1. The Morgan fingerprint density at radius 2 is 2.17 bits per heavy atom. The van der Waals surface area contributed by atoms with Crippen LogP contribution in [0.5, 0.6) is 0 Å². The number of nitrogens with zero attached hydrogens (tertiary/aromatic N) is 1. The lowest BCUT2D eigenvalue weighted by Gasteiger charge is -2.08. The highest BCUT2D eigenvalue weighted by Crippen LogP contribution is 2.25. The lowest BCUT2D eigenvalue weighted by Crippen LogP contribution is -2.02. The zero-order chi connectivity index (χ0) is 13.1. The third-order valence-corrected chi connectivity index (χ3v) is 4.05. The monoisotopic (exact) mass is 257 g/mol. The van der Waals surface area contributed by atoms with Crippen LogP contribution in [0.15, 0.2) is 24.3 Å². The second-order valence-electron chi connectivity index (χ2n) is 4.18. The minimum atomic E-state index is 0.513. The Morgan fingerprint density at radius 3 is 2.78 bits per heavy atom. The van der Waals surface area contributed by atoms with Crippen molar-refractivity contribution in [3.05, 3.63) is 45.1 Å². The molecule has 0 saturated carbocycles. The third kappa shape index (κ3) is 2.47. The Balaban J connectivity index is 2.14. The van der Waals surface area contributed by atoms with E-state index in [9.17, 15) is 0 Å². The number of nitrogens with two attached hydrogens (primary N) is 1. The molecule has 1 aromatic heterocycles. The summed E-state index contributed by atoms with van der Waals surface area (Å²) in [6.45, 7) is 4.96. The van der Waals surface area contributed by atoms with Crippen molar-refractivity contribution in [3.8, 4) is 6.07 Å². The molecule has 0 fully saturated rings. The summed E-state index contributed by atoms with van der Waals surface area (Å²) in [5.74, 6) is 0. The van der Waals surface area contributed by atoms with Gasteiger partial charge in [0.15, 0.2) is 0 Å². The first kappa shape index (κ1) is 12.5. The Bertz CT molecular complexity index is 588. The molecular formula is C14H15N3S. The van der Waals surface area contributed by atoms with E-state index in [0.29, 0.717) is 11.3 Å². The van der Waals surface area contributed by atoms with E-state index in [1.165, 1.54) is 15.3 Å². The summed E-state index contributed by atoms with van der Waals surface area (Å²) in [6, 6.07) is 9.71. The highest BCUT2D eigenvalue weighted by molar-refractivity contribution is 7.12. The van der Waals surface area contributed by atoms with Gasteiger partial charge in [-0.15, -0.1) is 11.3 Å². The third-order valence-electron chi connectivity index (χ3n) is 2.90. The molecule has 1 heterocycles. The summed E-state index contributed by atoms with van der Waals surface area (Å²) >= 11 is 1.78. The average molecular weight is 257 g/mol. The van der Waals surface area contributed by atoms with Gasteiger partial charge >= 0.3 is 0 Å². The summed E-state index contributed by atoms with van der Waals surface area (Å²) in [5, 5.41) is 12.2. The molecular weight excluding hydrogens is 242 g/mol. The minimum Gasteiger partial charge on any atom is -0.396 e. The zero-order valence-electron chi connectivity index (χ0n) is 10.4. The van der Waals surface area contributed by atoms with Gasteiger partial charge in [-0.1, -0.05) is 6.07 Å². The van der Waals surface area contributed by atoms with Gasteiger partial charge in [0.2, 0.25) is 0 Å². The first-order valence-corrected chi connectivity index (χ1v) is 6.52. The van der Waals surface area contributed by atoms with Gasteiger partial charge in [-0.25, -0.2) is 0 Å². The van der Waals surface area contributed by atoms with Crippen LogP contribution in [-0.2, 0) is 6.54 Å². The van der Waals surface area contributed by atoms with E-state index in [0.717, 1.165) is 12.2 Å². The molecule has 18 heavy (non-hydrogen) atoms. The number of hydrogen-bond acceptors (Lipinski definition) is 4. The number of nitrogens with one attached hydrogen (secondary N) is 1. The maximum atomic E-state index is 8.91. The maximum absolute atomic E-state index is 8.91. The van der Waals surface area contributed by atoms with Crippen LogP contribution in [0.3, 0.4) is 0 Å². The number of nitriles is 1. The molecule has 0 atom stereocenters. The minimum absolute atomic E-state index is 0.513.